The maximum absolute atomic E-state index is 12.4. The van der Waals surface area contributed by atoms with Crippen molar-refractivity contribution < 1.29 is 23.8 Å². The van der Waals surface area contributed by atoms with Crippen LogP contribution in [0.1, 0.15) is 55.6 Å². The maximum Gasteiger partial charge on any atom is 0.410 e. The maximum atomic E-state index is 12.4. The molecule has 1 aliphatic carbocycles. The third-order valence-electron chi connectivity index (χ3n) is 4.15. The first-order chi connectivity index (χ1) is 11.2. The quantitative estimate of drug-likeness (QED) is 0.879. The Hall–Kier alpha value is -2.02. The second kappa shape index (κ2) is 6.12. The summed E-state index contributed by atoms with van der Waals surface area (Å²) >= 11 is 0. The highest BCUT2D eigenvalue weighted by molar-refractivity contribution is 5.95. The number of furan rings is 1. The molecule has 2 heterocycles. The normalized spacial score (nSPS) is 24.1. The van der Waals surface area contributed by atoms with Crippen molar-refractivity contribution in [3.05, 3.63) is 23.7 Å². The van der Waals surface area contributed by atoms with Crippen LogP contribution in [0.5, 0.6) is 0 Å². The van der Waals surface area contributed by atoms with Crippen molar-refractivity contribution in [2.24, 2.45) is 0 Å². The van der Waals surface area contributed by atoms with Crippen molar-refractivity contribution in [3.8, 4) is 0 Å². The molecule has 2 aliphatic rings. The summed E-state index contributed by atoms with van der Waals surface area (Å²) in [4.78, 5) is 25.9. The molecule has 1 aliphatic heterocycles. The lowest BCUT2D eigenvalue weighted by atomic mass is 10.1. The number of likely N-dealkylation sites (tertiary alicyclic amines) is 1. The molecule has 2 N–H and O–H groups in total. The van der Waals surface area contributed by atoms with Crippen molar-refractivity contribution in [3.63, 3.8) is 0 Å². The van der Waals surface area contributed by atoms with E-state index in [1.165, 1.54) is 11.2 Å². The number of rotatable bonds is 3. The molecule has 1 saturated carbocycles. The lowest BCUT2D eigenvalue weighted by Gasteiger charge is -2.24. The summed E-state index contributed by atoms with van der Waals surface area (Å²) in [6.07, 6.45) is 2.28. The van der Waals surface area contributed by atoms with Crippen molar-refractivity contribution in [2.75, 3.05) is 13.1 Å². The molecule has 0 aromatic carbocycles. The van der Waals surface area contributed by atoms with Crippen LogP contribution in [0.25, 0.3) is 0 Å². The van der Waals surface area contributed by atoms with Crippen LogP contribution in [0.2, 0.25) is 0 Å². The van der Waals surface area contributed by atoms with Gasteiger partial charge in [0.15, 0.2) is 0 Å². The van der Waals surface area contributed by atoms with Crippen molar-refractivity contribution in [1.29, 1.82) is 0 Å². The minimum absolute atomic E-state index is 0.140. The summed E-state index contributed by atoms with van der Waals surface area (Å²) in [6.45, 7) is 5.72. The number of amides is 2. The number of aliphatic hydroxyl groups excluding tert-OH is 1. The standard InChI is InChI=1S/C17H24N2O5/c1-17(2,3)24-16(22)19-8-12(13(20)9-19)18-15(21)11-6-7-23-14(11)10-4-5-10/h6-7,10,12-13,20H,4-5,8-9H2,1-3H3,(H,18,21)/t12-,13+/m0/s1. The van der Waals surface area contributed by atoms with Gasteiger partial charge in [-0.15, -0.1) is 0 Å². The molecule has 7 nitrogen and oxygen atoms in total. The van der Waals surface area contributed by atoms with Gasteiger partial charge in [0.05, 0.1) is 30.5 Å². The van der Waals surface area contributed by atoms with E-state index in [2.05, 4.69) is 5.32 Å². The lowest BCUT2D eigenvalue weighted by molar-refractivity contribution is 0.0269. The zero-order valence-corrected chi connectivity index (χ0v) is 14.2. The van der Waals surface area contributed by atoms with Gasteiger partial charge in [0.2, 0.25) is 0 Å². The van der Waals surface area contributed by atoms with Gasteiger partial charge in [-0.1, -0.05) is 0 Å². The molecule has 1 aromatic rings. The average Bonchev–Trinajstić information content (AvgIpc) is 3.07. The fourth-order valence-corrected chi connectivity index (χ4v) is 2.82. The summed E-state index contributed by atoms with van der Waals surface area (Å²) in [5.41, 5.74) is -0.0836. The first-order valence-corrected chi connectivity index (χ1v) is 8.29. The number of carbonyl (C=O) groups excluding carboxylic acids is 2. The molecule has 0 spiro atoms. The Morgan fingerprint density at radius 1 is 1.33 bits per heavy atom. The largest absolute Gasteiger partial charge is 0.468 e. The van der Waals surface area contributed by atoms with Crippen LogP contribution in [-0.4, -0.2) is 52.8 Å². The fourth-order valence-electron chi connectivity index (χ4n) is 2.82. The van der Waals surface area contributed by atoms with Gasteiger partial charge in [-0.3, -0.25) is 4.79 Å². The molecule has 0 bridgehead atoms. The van der Waals surface area contributed by atoms with E-state index >= 15 is 0 Å². The summed E-state index contributed by atoms with van der Waals surface area (Å²) in [7, 11) is 0. The monoisotopic (exact) mass is 336 g/mol. The zero-order valence-electron chi connectivity index (χ0n) is 14.2. The average molecular weight is 336 g/mol. The highest BCUT2D eigenvalue weighted by Crippen LogP contribution is 2.42. The number of carbonyl (C=O) groups is 2. The fraction of sp³-hybridized carbons (Fsp3) is 0.647. The van der Waals surface area contributed by atoms with Gasteiger partial charge < -0.3 is 24.5 Å². The molecule has 1 saturated heterocycles. The third kappa shape index (κ3) is 3.72. The SMILES string of the molecule is CC(C)(C)OC(=O)N1C[C@@H](O)[C@@H](NC(=O)c2ccoc2C2CC2)C1. The van der Waals surface area contributed by atoms with Gasteiger partial charge in [0.1, 0.15) is 11.4 Å². The Balaban J connectivity index is 1.60. The number of nitrogens with one attached hydrogen (secondary N) is 1. The smallest absolute Gasteiger partial charge is 0.410 e. The molecule has 7 heteroatoms. The number of aliphatic hydroxyl groups is 1. The molecular formula is C17H24N2O5. The van der Waals surface area contributed by atoms with Crippen LogP contribution in [0.15, 0.2) is 16.7 Å². The molecule has 2 fully saturated rings. The summed E-state index contributed by atoms with van der Waals surface area (Å²) < 4.78 is 10.7. The Morgan fingerprint density at radius 2 is 2.04 bits per heavy atom. The number of hydrogen-bond donors (Lipinski definition) is 2. The Bertz CT molecular complexity index is 629. The van der Waals surface area contributed by atoms with Crippen molar-refractivity contribution in [1.82, 2.24) is 10.2 Å². The van der Waals surface area contributed by atoms with Gasteiger partial charge in [0, 0.05) is 12.5 Å². The molecule has 3 rings (SSSR count). The molecule has 132 valence electrons. The van der Waals surface area contributed by atoms with Crippen molar-refractivity contribution in [2.45, 2.75) is 57.3 Å². The van der Waals surface area contributed by atoms with Crippen LogP contribution in [0, 0.1) is 0 Å². The van der Waals surface area contributed by atoms with Gasteiger partial charge in [0.25, 0.3) is 5.91 Å². The molecule has 2 amide bonds. The van der Waals surface area contributed by atoms with Gasteiger partial charge in [-0.05, 0) is 39.7 Å². The molecule has 24 heavy (non-hydrogen) atoms. The highest BCUT2D eigenvalue weighted by atomic mass is 16.6. The highest BCUT2D eigenvalue weighted by Gasteiger charge is 2.38. The summed E-state index contributed by atoms with van der Waals surface area (Å²) in [5.74, 6) is 0.761. The first kappa shape index (κ1) is 16.8. The lowest BCUT2D eigenvalue weighted by Crippen LogP contribution is -2.43. The van der Waals surface area contributed by atoms with E-state index in [0.717, 1.165) is 12.8 Å². The van der Waals surface area contributed by atoms with E-state index in [9.17, 15) is 14.7 Å². The van der Waals surface area contributed by atoms with Gasteiger partial charge >= 0.3 is 6.09 Å². The molecule has 2 atom stereocenters. The minimum atomic E-state index is -0.822. The van der Waals surface area contributed by atoms with Crippen LogP contribution in [0.4, 0.5) is 4.79 Å². The second-order valence-electron chi connectivity index (χ2n) is 7.51. The minimum Gasteiger partial charge on any atom is -0.468 e. The number of hydrogen-bond acceptors (Lipinski definition) is 5. The number of nitrogens with zero attached hydrogens (tertiary/aromatic N) is 1. The Labute approximate surface area is 140 Å². The molecule has 1 aromatic heterocycles. The molecular weight excluding hydrogens is 312 g/mol. The Kier molecular flexibility index (Phi) is 4.29. The topological polar surface area (TPSA) is 92.0 Å². The van der Waals surface area contributed by atoms with E-state index in [4.69, 9.17) is 9.15 Å². The predicted octanol–water partition coefficient (Wildman–Crippen LogP) is 1.87. The predicted molar refractivity (Wildman–Crippen MR) is 85.8 cm³/mol. The van der Waals surface area contributed by atoms with Crippen LogP contribution < -0.4 is 5.32 Å². The van der Waals surface area contributed by atoms with Crippen LogP contribution in [-0.2, 0) is 4.74 Å². The van der Waals surface area contributed by atoms with Gasteiger partial charge in [-0.2, -0.15) is 0 Å². The third-order valence-corrected chi connectivity index (χ3v) is 4.15. The first-order valence-electron chi connectivity index (χ1n) is 8.29. The number of ether oxygens (including phenoxy) is 1. The van der Waals surface area contributed by atoms with Crippen LogP contribution in [0.3, 0.4) is 0 Å². The van der Waals surface area contributed by atoms with E-state index in [-0.39, 0.29) is 19.0 Å². The molecule has 0 unspecified atom stereocenters. The van der Waals surface area contributed by atoms with E-state index in [1.54, 1.807) is 26.8 Å². The van der Waals surface area contributed by atoms with Crippen molar-refractivity contribution >= 4 is 12.0 Å². The summed E-state index contributed by atoms with van der Waals surface area (Å²) in [5, 5.41) is 13.0. The van der Waals surface area contributed by atoms with E-state index in [0.29, 0.717) is 17.2 Å². The number of β-amino-alcohol motifs (C(OH)–C–C–N with tert-alkyl or cyclic N) is 1. The zero-order chi connectivity index (χ0) is 17.5. The van der Waals surface area contributed by atoms with E-state index < -0.39 is 23.8 Å². The van der Waals surface area contributed by atoms with E-state index in [1.807, 2.05) is 0 Å². The van der Waals surface area contributed by atoms with Gasteiger partial charge in [-0.25, -0.2) is 4.79 Å². The molecule has 0 radical (unpaired) electrons. The second-order valence-corrected chi connectivity index (χ2v) is 7.51. The van der Waals surface area contributed by atoms with Crippen LogP contribution >= 0.6 is 0 Å². The summed E-state index contributed by atoms with van der Waals surface area (Å²) in [6, 6.07) is 1.13. The Morgan fingerprint density at radius 3 is 2.67 bits per heavy atom.